The number of aryl methyl sites for hydroxylation is 1. The van der Waals surface area contributed by atoms with Crippen LogP contribution >= 0.6 is 0 Å². The van der Waals surface area contributed by atoms with E-state index in [2.05, 4.69) is 48.1 Å². The molecule has 130 valence electrons. The van der Waals surface area contributed by atoms with E-state index in [1.54, 1.807) is 0 Å². The molecule has 3 nitrogen and oxygen atoms in total. The molecule has 0 spiro atoms. The molecular formula is C21H30N2O. The van der Waals surface area contributed by atoms with Crippen molar-refractivity contribution in [3.8, 4) is 11.4 Å². The van der Waals surface area contributed by atoms with E-state index in [-0.39, 0.29) is 6.61 Å². The van der Waals surface area contributed by atoms with Crippen LogP contribution in [0.15, 0.2) is 36.7 Å². The van der Waals surface area contributed by atoms with Gasteiger partial charge in [-0.25, -0.2) is 9.97 Å². The highest BCUT2D eigenvalue weighted by molar-refractivity contribution is 5.55. The Morgan fingerprint density at radius 3 is 2.25 bits per heavy atom. The third-order valence-electron chi connectivity index (χ3n) is 4.57. The van der Waals surface area contributed by atoms with Crippen molar-refractivity contribution in [3.05, 3.63) is 47.8 Å². The standard InChI is InChI=1S/C21H30N2O/c1-3-4-5-6-7-8-18-15-22-21(23-16-18)20-11-9-19(10-12-20)17(2)13-14-24/h9-12,15-17,24H,3-8,13-14H2,1-2H3. The van der Waals surface area contributed by atoms with Crippen molar-refractivity contribution < 1.29 is 5.11 Å². The first-order valence-corrected chi connectivity index (χ1v) is 9.26. The van der Waals surface area contributed by atoms with Crippen LogP contribution in [0.3, 0.4) is 0 Å². The topological polar surface area (TPSA) is 46.0 Å². The summed E-state index contributed by atoms with van der Waals surface area (Å²) >= 11 is 0. The molecule has 1 aromatic heterocycles. The van der Waals surface area contributed by atoms with Crippen LogP contribution in [0.1, 0.15) is 69.4 Å². The Balaban J connectivity index is 1.90. The van der Waals surface area contributed by atoms with Crippen LogP contribution in [0.4, 0.5) is 0 Å². The molecular weight excluding hydrogens is 296 g/mol. The third-order valence-corrected chi connectivity index (χ3v) is 4.57. The minimum atomic E-state index is 0.228. The number of aliphatic hydroxyl groups excluding tert-OH is 1. The predicted octanol–water partition coefficient (Wildman–Crippen LogP) is 5.14. The Morgan fingerprint density at radius 1 is 0.958 bits per heavy atom. The minimum absolute atomic E-state index is 0.228. The van der Waals surface area contributed by atoms with Gasteiger partial charge in [0.05, 0.1) is 0 Å². The quantitative estimate of drug-likeness (QED) is 0.615. The molecule has 0 fully saturated rings. The largest absolute Gasteiger partial charge is 0.396 e. The molecule has 1 aromatic carbocycles. The van der Waals surface area contributed by atoms with Crippen molar-refractivity contribution in [2.75, 3.05) is 6.61 Å². The van der Waals surface area contributed by atoms with Gasteiger partial charge in [0, 0.05) is 24.6 Å². The highest BCUT2D eigenvalue weighted by Gasteiger charge is 2.06. The summed E-state index contributed by atoms with van der Waals surface area (Å²) in [6, 6.07) is 8.37. The van der Waals surface area contributed by atoms with Crippen LogP contribution in [0.5, 0.6) is 0 Å². The van der Waals surface area contributed by atoms with Gasteiger partial charge < -0.3 is 5.11 Å². The molecule has 1 unspecified atom stereocenters. The number of benzene rings is 1. The highest BCUT2D eigenvalue weighted by atomic mass is 16.3. The molecule has 0 bridgehead atoms. The summed E-state index contributed by atoms with van der Waals surface area (Å²) in [5.74, 6) is 1.16. The van der Waals surface area contributed by atoms with Gasteiger partial charge in [-0.1, -0.05) is 63.8 Å². The Labute approximate surface area is 146 Å². The first kappa shape index (κ1) is 18.6. The summed E-state index contributed by atoms with van der Waals surface area (Å²) in [6.45, 7) is 4.61. The number of nitrogens with zero attached hydrogens (tertiary/aromatic N) is 2. The lowest BCUT2D eigenvalue weighted by atomic mass is 9.97. The van der Waals surface area contributed by atoms with E-state index in [4.69, 9.17) is 5.11 Å². The van der Waals surface area contributed by atoms with Crippen LogP contribution in [-0.2, 0) is 6.42 Å². The van der Waals surface area contributed by atoms with Crippen molar-refractivity contribution in [2.45, 2.75) is 64.7 Å². The summed E-state index contributed by atoms with van der Waals surface area (Å²) < 4.78 is 0. The van der Waals surface area contributed by atoms with Crippen LogP contribution in [0, 0.1) is 0 Å². The molecule has 24 heavy (non-hydrogen) atoms. The van der Waals surface area contributed by atoms with Gasteiger partial charge in [-0.05, 0) is 36.3 Å². The van der Waals surface area contributed by atoms with Crippen molar-refractivity contribution in [3.63, 3.8) is 0 Å². The molecule has 0 aliphatic heterocycles. The molecule has 0 aliphatic carbocycles. The summed E-state index contributed by atoms with van der Waals surface area (Å²) in [4.78, 5) is 9.05. The van der Waals surface area contributed by atoms with Gasteiger partial charge in [-0.2, -0.15) is 0 Å². The lowest BCUT2D eigenvalue weighted by Crippen LogP contribution is -1.97. The highest BCUT2D eigenvalue weighted by Crippen LogP contribution is 2.22. The predicted molar refractivity (Wildman–Crippen MR) is 100 cm³/mol. The monoisotopic (exact) mass is 326 g/mol. The zero-order valence-electron chi connectivity index (χ0n) is 15.0. The number of hydrogen-bond donors (Lipinski definition) is 1. The first-order valence-electron chi connectivity index (χ1n) is 9.26. The number of aromatic nitrogens is 2. The maximum Gasteiger partial charge on any atom is 0.159 e. The van der Waals surface area contributed by atoms with Gasteiger partial charge in [0.25, 0.3) is 0 Å². The fraction of sp³-hybridized carbons (Fsp3) is 0.524. The molecule has 0 aliphatic rings. The van der Waals surface area contributed by atoms with Crippen LogP contribution < -0.4 is 0 Å². The summed E-state index contributed by atoms with van der Waals surface area (Å²) in [7, 11) is 0. The second-order valence-electron chi connectivity index (χ2n) is 6.61. The van der Waals surface area contributed by atoms with E-state index in [1.807, 2.05) is 12.4 Å². The Bertz CT molecular complexity index is 578. The third kappa shape index (κ3) is 5.72. The maximum absolute atomic E-state index is 9.04. The summed E-state index contributed by atoms with van der Waals surface area (Å²) in [6.07, 6.45) is 12.3. The second-order valence-corrected chi connectivity index (χ2v) is 6.61. The average molecular weight is 326 g/mol. The molecule has 2 rings (SSSR count). The van der Waals surface area contributed by atoms with Crippen LogP contribution in [0.25, 0.3) is 11.4 Å². The zero-order valence-corrected chi connectivity index (χ0v) is 15.0. The molecule has 1 heterocycles. The lowest BCUT2D eigenvalue weighted by molar-refractivity contribution is 0.278. The van der Waals surface area contributed by atoms with Crippen molar-refractivity contribution in [1.82, 2.24) is 9.97 Å². The van der Waals surface area contributed by atoms with Gasteiger partial charge in [-0.3, -0.25) is 0 Å². The van der Waals surface area contributed by atoms with E-state index >= 15 is 0 Å². The fourth-order valence-electron chi connectivity index (χ4n) is 2.89. The van der Waals surface area contributed by atoms with Gasteiger partial charge in [0.15, 0.2) is 5.82 Å². The molecule has 3 heteroatoms. The SMILES string of the molecule is CCCCCCCc1cnc(-c2ccc(C(C)CCO)cc2)nc1. The van der Waals surface area contributed by atoms with E-state index in [1.165, 1.54) is 43.2 Å². The number of unbranched alkanes of at least 4 members (excludes halogenated alkanes) is 4. The molecule has 0 amide bonds. The number of rotatable bonds is 10. The molecule has 1 N–H and O–H groups in total. The maximum atomic E-state index is 9.04. The van der Waals surface area contributed by atoms with Crippen molar-refractivity contribution in [2.24, 2.45) is 0 Å². The van der Waals surface area contributed by atoms with E-state index in [9.17, 15) is 0 Å². The van der Waals surface area contributed by atoms with Crippen LogP contribution in [-0.4, -0.2) is 21.7 Å². The molecule has 1 atom stereocenters. The molecule has 0 saturated carbocycles. The average Bonchev–Trinajstić information content (AvgIpc) is 2.62. The Morgan fingerprint density at radius 2 is 1.62 bits per heavy atom. The number of aliphatic hydroxyl groups is 1. The summed E-state index contributed by atoms with van der Waals surface area (Å²) in [5, 5.41) is 9.04. The first-order chi connectivity index (χ1) is 11.7. The minimum Gasteiger partial charge on any atom is -0.396 e. The van der Waals surface area contributed by atoms with Crippen LogP contribution in [0.2, 0.25) is 0 Å². The second kappa shape index (κ2) is 10.2. The Kier molecular flexibility index (Phi) is 7.90. The van der Waals surface area contributed by atoms with E-state index < -0.39 is 0 Å². The van der Waals surface area contributed by atoms with E-state index in [0.29, 0.717) is 5.92 Å². The normalized spacial score (nSPS) is 12.3. The molecule has 0 saturated heterocycles. The van der Waals surface area contributed by atoms with Gasteiger partial charge in [0.2, 0.25) is 0 Å². The van der Waals surface area contributed by atoms with Gasteiger partial charge >= 0.3 is 0 Å². The molecule has 0 radical (unpaired) electrons. The van der Waals surface area contributed by atoms with Crippen molar-refractivity contribution in [1.29, 1.82) is 0 Å². The lowest BCUT2D eigenvalue weighted by Gasteiger charge is -2.10. The number of hydrogen-bond acceptors (Lipinski definition) is 3. The van der Waals surface area contributed by atoms with Gasteiger partial charge in [-0.15, -0.1) is 0 Å². The zero-order chi connectivity index (χ0) is 17.2. The smallest absolute Gasteiger partial charge is 0.159 e. The van der Waals surface area contributed by atoms with Gasteiger partial charge in [0.1, 0.15) is 0 Å². The van der Waals surface area contributed by atoms with E-state index in [0.717, 1.165) is 24.2 Å². The fourth-order valence-corrected chi connectivity index (χ4v) is 2.89. The molecule has 2 aromatic rings. The Hall–Kier alpha value is -1.74. The van der Waals surface area contributed by atoms with Crippen molar-refractivity contribution >= 4 is 0 Å². The summed E-state index contributed by atoms with van der Waals surface area (Å²) in [5.41, 5.74) is 3.52.